The summed E-state index contributed by atoms with van der Waals surface area (Å²) in [6.45, 7) is 0.623. The van der Waals surface area contributed by atoms with Crippen LogP contribution in [0.2, 0.25) is 0 Å². The highest BCUT2D eigenvalue weighted by Gasteiger charge is 2.29. The lowest BCUT2D eigenvalue weighted by Gasteiger charge is -2.25. The summed E-state index contributed by atoms with van der Waals surface area (Å²) in [6.07, 6.45) is 0.301. The number of amides is 3. The topological polar surface area (TPSA) is 133 Å². The van der Waals surface area contributed by atoms with Crippen LogP contribution < -0.4 is 20.1 Å². The van der Waals surface area contributed by atoms with Crippen molar-refractivity contribution in [1.82, 2.24) is 10.6 Å². The van der Waals surface area contributed by atoms with Crippen molar-refractivity contribution >= 4 is 23.7 Å². The lowest BCUT2D eigenvalue weighted by molar-refractivity contribution is -0.151. The van der Waals surface area contributed by atoms with Crippen molar-refractivity contribution < 1.29 is 37.8 Å². The molecule has 1 aromatic heterocycles. The first-order valence-electron chi connectivity index (χ1n) is 8.67. The zero-order chi connectivity index (χ0) is 20.8. The van der Waals surface area contributed by atoms with Crippen molar-refractivity contribution in [2.24, 2.45) is 0 Å². The molecule has 3 rings (SSSR count). The standard InChI is InChI=1S/C19H18N2O8/c1-11(20-17(23)14-7-4-8-26-14)19(25)28-10-16(22)21-18(24)15-9-27-12-5-2-3-6-13(12)29-15/h2-8,11,15H,9-10H2,1H3,(H,20,23)(H,21,22,24). The van der Waals surface area contributed by atoms with E-state index in [2.05, 4.69) is 10.6 Å². The van der Waals surface area contributed by atoms with Gasteiger partial charge < -0.3 is 23.9 Å². The zero-order valence-electron chi connectivity index (χ0n) is 15.4. The maximum absolute atomic E-state index is 12.1. The molecule has 2 unspecified atom stereocenters. The van der Waals surface area contributed by atoms with E-state index in [9.17, 15) is 19.2 Å². The largest absolute Gasteiger partial charge is 0.485 e. The Balaban J connectivity index is 1.42. The fourth-order valence-corrected chi connectivity index (χ4v) is 2.40. The molecule has 0 aliphatic carbocycles. The Bertz CT molecular complexity index is 909. The van der Waals surface area contributed by atoms with Crippen LogP contribution in [0.5, 0.6) is 11.5 Å². The number of fused-ring (bicyclic) bond motifs is 1. The van der Waals surface area contributed by atoms with Crippen molar-refractivity contribution in [3.8, 4) is 11.5 Å². The minimum Gasteiger partial charge on any atom is -0.485 e. The molecule has 152 valence electrons. The number of para-hydroxylation sites is 2. The highest BCUT2D eigenvalue weighted by Crippen LogP contribution is 2.30. The number of imide groups is 1. The second kappa shape index (κ2) is 8.91. The second-order valence-electron chi connectivity index (χ2n) is 6.06. The number of hydrogen-bond donors (Lipinski definition) is 2. The molecule has 2 heterocycles. The molecule has 1 aromatic carbocycles. The van der Waals surface area contributed by atoms with Crippen LogP contribution in [0.1, 0.15) is 17.5 Å². The molecule has 2 N–H and O–H groups in total. The lowest BCUT2D eigenvalue weighted by Crippen LogP contribution is -2.47. The van der Waals surface area contributed by atoms with Crippen molar-refractivity contribution in [2.75, 3.05) is 13.2 Å². The predicted molar refractivity (Wildman–Crippen MR) is 96.1 cm³/mol. The molecule has 0 radical (unpaired) electrons. The van der Waals surface area contributed by atoms with Crippen LogP contribution in [0.3, 0.4) is 0 Å². The number of benzene rings is 1. The maximum Gasteiger partial charge on any atom is 0.328 e. The Kier molecular flexibility index (Phi) is 6.12. The fraction of sp³-hybridized carbons (Fsp3) is 0.263. The molecule has 2 aromatic rings. The average Bonchev–Trinajstić information content (AvgIpc) is 3.26. The minimum atomic E-state index is -1.03. The number of ether oxygens (including phenoxy) is 3. The van der Waals surface area contributed by atoms with Gasteiger partial charge in [0.2, 0.25) is 6.10 Å². The lowest BCUT2D eigenvalue weighted by atomic mass is 10.2. The molecule has 0 saturated heterocycles. The molecule has 10 heteroatoms. The van der Waals surface area contributed by atoms with Gasteiger partial charge in [0.25, 0.3) is 17.7 Å². The van der Waals surface area contributed by atoms with Gasteiger partial charge in [0.15, 0.2) is 23.9 Å². The Morgan fingerprint density at radius 1 is 1.14 bits per heavy atom. The molecule has 0 bridgehead atoms. The zero-order valence-corrected chi connectivity index (χ0v) is 15.4. The molecule has 0 spiro atoms. The van der Waals surface area contributed by atoms with Crippen LogP contribution >= 0.6 is 0 Å². The quantitative estimate of drug-likeness (QED) is 0.665. The Hall–Kier alpha value is -3.82. The SMILES string of the molecule is CC(NC(=O)c1ccco1)C(=O)OCC(=O)NC(=O)C1COc2ccccc2O1. The van der Waals surface area contributed by atoms with Crippen LogP contribution in [0.4, 0.5) is 0 Å². The predicted octanol–water partition coefficient (Wildman–Crippen LogP) is 0.424. The van der Waals surface area contributed by atoms with Crippen LogP contribution in [-0.4, -0.2) is 49.1 Å². The number of carbonyl (C=O) groups excluding carboxylic acids is 4. The van der Waals surface area contributed by atoms with Gasteiger partial charge in [-0.2, -0.15) is 0 Å². The van der Waals surface area contributed by atoms with E-state index in [0.717, 1.165) is 0 Å². The molecular weight excluding hydrogens is 384 g/mol. The van der Waals surface area contributed by atoms with E-state index < -0.39 is 42.4 Å². The van der Waals surface area contributed by atoms with E-state index in [4.69, 9.17) is 18.6 Å². The van der Waals surface area contributed by atoms with Crippen LogP contribution in [-0.2, 0) is 19.1 Å². The summed E-state index contributed by atoms with van der Waals surface area (Å²) in [5.41, 5.74) is 0. The van der Waals surface area contributed by atoms with Gasteiger partial charge in [-0.15, -0.1) is 0 Å². The summed E-state index contributed by atoms with van der Waals surface area (Å²) in [4.78, 5) is 47.7. The number of rotatable bonds is 6. The summed E-state index contributed by atoms with van der Waals surface area (Å²) in [5, 5.41) is 4.44. The summed E-state index contributed by atoms with van der Waals surface area (Å²) >= 11 is 0. The Morgan fingerprint density at radius 3 is 2.62 bits per heavy atom. The van der Waals surface area contributed by atoms with Gasteiger partial charge in [-0.05, 0) is 31.2 Å². The summed E-state index contributed by atoms with van der Waals surface area (Å²) in [7, 11) is 0. The third-order valence-electron chi connectivity index (χ3n) is 3.86. The van der Waals surface area contributed by atoms with E-state index >= 15 is 0 Å². The number of hydrogen-bond acceptors (Lipinski definition) is 8. The van der Waals surface area contributed by atoms with Gasteiger partial charge in [0.05, 0.1) is 6.26 Å². The Morgan fingerprint density at radius 2 is 1.90 bits per heavy atom. The molecule has 10 nitrogen and oxygen atoms in total. The molecule has 0 saturated carbocycles. The first-order valence-corrected chi connectivity index (χ1v) is 8.67. The third-order valence-corrected chi connectivity index (χ3v) is 3.86. The van der Waals surface area contributed by atoms with Crippen molar-refractivity contribution in [3.05, 3.63) is 48.4 Å². The van der Waals surface area contributed by atoms with E-state index in [1.807, 2.05) is 0 Å². The normalized spacial score (nSPS) is 15.7. The van der Waals surface area contributed by atoms with Gasteiger partial charge in [-0.3, -0.25) is 19.7 Å². The third kappa shape index (κ3) is 5.12. The molecule has 1 aliphatic heterocycles. The summed E-state index contributed by atoms with van der Waals surface area (Å²) in [5.74, 6) is -2.09. The van der Waals surface area contributed by atoms with E-state index in [0.29, 0.717) is 11.5 Å². The number of furan rings is 1. The molecular formula is C19H18N2O8. The number of nitrogens with one attached hydrogen (secondary N) is 2. The fourth-order valence-electron chi connectivity index (χ4n) is 2.40. The maximum atomic E-state index is 12.1. The number of carbonyl (C=O) groups is 4. The molecule has 0 fully saturated rings. The summed E-state index contributed by atoms with van der Waals surface area (Å²) in [6, 6.07) is 8.75. The average molecular weight is 402 g/mol. The highest BCUT2D eigenvalue weighted by atomic mass is 16.6. The van der Waals surface area contributed by atoms with Crippen LogP contribution in [0.15, 0.2) is 47.1 Å². The van der Waals surface area contributed by atoms with Gasteiger partial charge in [-0.1, -0.05) is 12.1 Å². The monoisotopic (exact) mass is 402 g/mol. The van der Waals surface area contributed by atoms with Crippen molar-refractivity contribution in [2.45, 2.75) is 19.1 Å². The van der Waals surface area contributed by atoms with Crippen molar-refractivity contribution in [1.29, 1.82) is 0 Å². The minimum absolute atomic E-state index is 0.0317. The first-order chi connectivity index (χ1) is 13.9. The van der Waals surface area contributed by atoms with Crippen molar-refractivity contribution in [3.63, 3.8) is 0 Å². The smallest absolute Gasteiger partial charge is 0.328 e. The van der Waals surface area contributed by atoms with Gasteiger partial charge >= 0.3 is 5.97 Å². The van der Waals surface area contributed by atoms with E-state index in [-0.39, 0.29) is 12.4 Å². The summed E-state index contributed by atoms with van der Waals surface area (Å²) < 4.78 is 20.6. The van der Waals surface area contributed by atoms with Gasteiger partial charge in [0, 0.05) is 0 Å². The van der Waals surface area contributed by atoms with E-state index in [1.165, 1.54) is 25.3 Å². The molecule has 2 atom stereocenters. The number of esters is 1. The van der Waals surface area contributed by atoms with E-state index in [1.54, 1.807) is 24.3 Å². The van der Waals surface area contributed by atoms with Gasteiger partial charge in [-0.25, -0.2) is 4.79 Å². The van der Waals surface area contributed by atoms with Crippen LogP contribution in [0, 0.1) is 0 Å². The Labute approximate surface area is 165 Å². The molecule has 1 aliphatic rings. The molecule has 3 amide bonds. The van der Waals surface area contributed by atoms with Gasteiger partial charge in [0.1, 0.15) is 12.6 Å². The van der Waals surface area contributed by atoms with Crippen LogP contribution in [0.25, 0.3) is 0 Å². The molecule has 29 heavy (non-hydrogen) atoms. The highest BCUT2D eigenvalue weighted by molar-refractivity contribution is 5.99. The second-order valence-corrected chi connectivity index (χ2v) is 6.06. The first kappa shape index (κ1) is 19.9.